The van der Waals surface area contributed by atoms with Crippen LogP contribution in [0.5, 0.6) is 5.75 Å². The van der Waals surface area contributed by atoms with Crippen LogP contribution in [-0.4, -0.2) is 39.6 Å². The van der Waals surface area contributed by atoms with Crippen LogP contribution >= 0.6 is 0 Å². The summed E-state index contributed by atoms with van der Waals surface area (Å²) in [6.45, 7) is 5.89. The SMILES string of the molecule is C=CCc1ccccc1OCCn1c(C2CC(=O)N(C3CCCC3)C2)nc2ccccc21. The predicted octanol–water partition coefficient (Wildman–Crippen LogP) is 5.10. The van der Waals surface area contributed by atoms with E-state index in [1.54, 1.807) is 0 Å². The number of aromatic nitrogens is 2. The number of allylic oxidation sites excluding steroid dienone is 1. The Labute approximate surface area is 189 Å². The Balaban J connectivity index is 1.37. The molecule has 2 aromatic carbocycles. The van der Waals surface area contributed by atoms with Gasteiger partial charge in [-0.3, -0.25) is 4.79 Å². The van der Waals surface area contributed by atoms with Crippen molar-refractivity contribution in [3.8, 4) is 5.75 Å². The van der Waals surface area contributed by atoms with Crippen molar-refractivity contribution in [2.24, 2.45) is 0 Å². The number of imidazole rings is 1. The Kier molecular flexibility index (Phi) is 5.97. The number of carbonyl (C=O) groups is 1. The van der Waals surface area contributed by atoms with Gasteiger partial charge in [0.05, 0.1) is 17.6 Å². The lowest BCUT2D eigenvalue weighted by Crippen LogP contribution is -2.34. The molecule has 2 aliphatic rings. The molecule has 1 saturated carbocycles. The minimum atomic E-state index is 0.142. The van der Waals surface area contributed by atoms with Crippen LogP contribution < -0.4 is 4.74 Å². The van der Waals surface area contributed by atoms with Crippen molar-refractivity contribution in [1.82, 2.24) is 14.5 Å². The van der Waals surface area contributed by atoms with Gasteiger partial charge in [-0.2, -0.15) is 0 Å². The van der Waals surface area contributed by atoms with Crippen LogP contribution in [0, 0.1) is 0 Å². The summed E-state index contributed by atoms with van der Waals surface area (Å²) in [5.41, 5.74) is 3.24. The van der Waals surface area contributed by atoms with E-state index in [9.17, 15) is 4.79 Å². The van der Waals surface area contributed by atoms with Crippen molar-refractivity contribution in [1.29, 1.82) is 0 Å². The highest BCUT2D eigenvalue weighted by atomic mass is 16.5. The summed E-state index contributed by atoms with van der Waals surface area (Å²) >= 11 is 0. The van der Waals surface area contributed by atoms with Crippen molar-refractivity contribution in [2.75, 3.05) is 13.2 Å². The zero-order chi connectivity index (χ0) is 21.9. The third-order valence-electron chi connectivity index (χ3n) is 6.88. The van der Waals surface area contributed by atoms with E-state index in [0.717, 1.165) is 54.0 Å². The van der Waals surface area contributed by atoms with Crippen molar-refractivity contribution >= 4 is 16.9 Å². The van der Waals surface area contributed by atoms with Crippen molar-refractivity contribution < 1.29 is 9.53 Å². The van der Waals surface area contributed by atoms with E-state index in [-0.39, 0.29) is 11.8 Å². The van der Waals surface area contributed by atoms with Gasteiger partial charge >= 0.3 is 0 Å². The van der Waals surface area contributed by atoms with E-state index in [4.69, 9.17) is 9.72 Å². The Morgan fingerprint density at radius 2 is 1.88 bits per heavy atom. The second-order valence-electron chi connectivity index (χ2n) is 8.94. The Morgan fingerprint density at radius 1 is 1.09 bits per heavy atom. The molecule has 0 radical (unpaired) electrons. The lowest BCUT2D eigenvalue weighted by molar-refractivity contribution is -0.129. The molecular weight excluding hydrogens is 398 g/mol. The maximum absolute atomic E-state index is 12.8. The second-order valence-corrected chi connectivity index (χ2v) is 8.94. The zero-order valence-corrected chi connectivity index (χ0v) is 18.6. The number of fused-ring (bicyclic) bond motifs is 1. The molecule has 1 atom stereocenters. The number of para-hydroxylation sites is 3. The van der Waals surface area contributed by atoms with Crippen LogP contribution in [0.1, 0.15) is 49.4 Å². The van der Waals surface area contributed by atoms with E-state index >= 15 is 0 Å². The summed E-state index contributed by atoms with van der Waals surface area (Å²) in [4.78, 5) is 19.9. The second kappa shape index (κ2) is 9.19. The van der Waals surface area contributed by atoms with Crippen molar-refractivity contribution in [3.05, 3.63) is 72.6 Å². The molecule has 1 unspecified atom stereocenters. The number of benzene rings is 2. The summed E-state index contributed by atoms with van der Waals surface area (Å²) in [5.74, 6) is 2.35. The lowest BCUT2D eigenvalue weighted by Gasteiger charge is -2.24. The number of nitrogens with zero attached hydrogens (tertiary/aromatic N) is 3. The van der Waals surface area contributed by atoms with Crippen molar-refractivity contribution in [3.63, 3.8) is 0 Å². The molecule has 1 amide bonds. The lowest BCUT2D eigenvalue weighted by atomic mass is 10.1. The predicted molar refractivity (Wildman–Crippen MR) is 127 cm³/mol. The summed E-state index contributed by atoms with van der Waals surface area (Å²) in [7, 11) is 0. The molecule has 5 heteroatoms. The summed E-state index contributed by atoms with van der Waals surface area (Å²) in [6.07, 6.45) is 8.01. The molecule has 3 aromatic rings. The van der Waals surface area contributed by atoms with Crippen LogP contribution in [0.25, 0.3) is 11.0 Å². The monoisotopic (exact) mass is 429 g/mol. The first-order valence-electron chi connectivity index (χ1n) is 11.8. The average Bonchev–Trinajstić information content (AvgIpc) is 3.54. The average molecular weight is 430 g/mol. The molecule has 0 spiro atoms. The number of hydrogen-bond donors (Lipinski definition) is 0. The van der Waals surface area contributed by atoms with E-state index in [1.165, 1.54) is 12.8 Å². The third kappa shape index (κ3) is 4.04. The van der Waals surface area contributed by atoms with Gasteiger partial charge in [-0.05, 0) is 43.0 Å². The number of ether oxygens (including phenoxy) is 1. The van der Waals surface area contributed by atoms with Gasteiger partial charge in [0.15, 0.2) is 0 Å². The van der Waals surface area contributed by atoms with Gasteiger partial charge in [-0.25, -0.2) is 4.98 Å². The fourth-order valence-corrected chi connectivity index (χ4v) is 5.33. The standard InChI is InChI=1S/C27H31N3O2/c1-2-9-20-10-3-8-15-25(20)32-17-16-29-24-14-7-6-13-23(24)28-27(29)21-18-26(31)30(19-21)22-11-4-5-12-22/h2-3,6-8,10,13-15,21-22H,1,4-5,9,11-12,16-19H2. The normalized spacial score (nSPS) is 19.2. The Morgan fingerprint density at radius 3 is 2.72 bits per heavy atom. The van der Waals surface area contributed by atoms with E-state index in [0.29, 0.717) is 25.6 Å². The Bertz CT molecular complexity index is 1110. The zero-order valence-electron chi connectivity index (χ0n) is 18.6. The first-order valence-corrected chi connectivity index (χ1v) is 11.8. The maximum atomic E-state index is 12.8. The van der Waals surface area contributed by atoms with E-state index in [1.807, 2.05) is 30.3 Å². The molecule has 5 rings (SSSR count). The molecule has 5 nitrogen and oxygen atoms in total. The number of amides is 1. The van der Waals surface area contributed by atoms with Gasteiger partial charge < -0.3 is 14.2 Å². The number of likely N-dealkylation sites (tertiary alicyclic amines) is 1. The summed E-state index contributed by atoms with van der Waals surface area (Å²) in [6, 6.07) is 16.8. The van der Waals surface area contributed by atoms with Gasteiger partial charge in [-0.1, -0.05) is 49.2 Å². The fraction of sp³-hybridized carbons (Fsp3) is 0.407. The Hall–Kier alpha value is -3.08. The fourth-order valence-electron chi connectivity index (χ4n) is 5.33. The maximum Gasteiger partial charge on any atom is 0.223 e. The first-order chi connectivity index (χ1) is 15.7. The molecule has 2 fully saturated rings. The minimum absolute atomic E-state index is 0.142. The van der Waals surface area contributed by atoms with Crippen molar-refractivity contribution in [2.45, 2.75) is 57.0 Å². The molecule has 1 aromatic heterocycles. The van der Waals surface area contributed by atoms with Crippen LogP contribution in [0.15, 0.2) is 61.2 Å². The molecular formula is C27H31N3O2. The first kappa shape index (κ1) is 20.8. The quantitative estimate of drug-likeness (QED) is 0.468. The highest BCUT2D eigenvalue weighted by molar-refractivity contribution is 5.81. The minimum Gasteiger partial charge on any atom is -0.491 e. The molecule has 2 heterocycles. The highest BCUT2D eigenvalue weighted by Crippen LogP contribution is 2.35. The van der Waals surface area contributed by atoms with Gasteiger partial charge in [0.25, 0.3) is 0 Å². The molecule has 1 aliphatic heterocycles. The van der Waals surface area contributed by atoms with Gasteiger partial charge in [-0.15, -0.1) is 6.58 Å². The summed E-state index contributed by atoms with van der Waals surface area (Å²) < 4.78 is 8.44. The van der Waals surface area contributed by atoms with Crippen LogP contribution in [-0.2, 0) is 17.8 Å². The molecule has 166 valence electrons. The molecule has 1 saturated heterocycles. The number of rotatable bonds is 8. The van der Waals surface area contributed by atoms with Gasteiger partial charge in [0.2, 0.25) is 5.91 Å². The van der Waals surface area contributed by atoms with E-state index in [2.05, 4.69) is 40.3 Å². The molecule has 0 bridgehead atoms. The third-order valence-corrected chi connectivity index (χ3v) is 6.88. The van der Waals surface area contributed by atoms with Gasteiger partial charge in [0, 0.05) is 24.9 Å². The summed E-state index contributed by atoms with van der Waals surface area (Å²) in [5, 5.41) is 0. The van der Waals surface area contributed by atoms with Crippen LogP contribution in [0.3, 0.4) is 0 Å². The number of carbonyl (C=O) groups excluding carboxylic acids is 1. The van der Waals surface area contributed by atoms with Crippen LogP contribution in [0.2, 0.25) is 0 Å². The molecule has 32 heavy (non-hydrogen) atoms. The van der Waals surface area contributed by atoms with Gasteiger partial charge in [0.1, 0.15) is 18.2 Å². The molecule has 1 aliphatic carbocycles. The van der Waals surface area contributed by atoms with E-state index < -0.39 is 0 Å². The highest BCUT2D eigenvalue weighted by Gasteiger charge is 2.38. The van der Waals surface area contributed by atoms with Crippen LogP contribution in [0.4, 0.5) is 0 Å². The smallest absolute Gasteiger partial charge is 0.223 e. The topological polar surface area (TPSA) is 47.4 Å². The number of hydrogen-bond acceptors (Lipinski definition) is 3. The largest absolute Gasteiger partial charge is 0.491 e. The molecule has 0 N–H and O–H groups in total.